The fraction of sp³-hybridized carbons (Fsp3) is 0.242. The maximum absolute atomic E-state index is 14.0. The van der Waals surface area contributed by atoms with E-state index in [1.165, 1.54) is 11.3 Å². The number of nitrogens with zero attached hydrogens (tertiary/aromatic N) is 2. The summed E-state index contributed by atoms with van der Waals surface area (Å²) >= 11 is 8.53. The number of carbonyl (C=O) groups excluding carboxylic acids is 1. The molecule has 1 aliphatic rings. The van der Waals surface area contributed by atoms with Crippen LogP contribution in [0, 0.1) is 0 Å². The number of thiazole rings is 1. The molecule has 1 aromatic heterocycles. The Bertz CT molecular complexity index is 1840. The van der Waals surface area contributed by atoms with Gasteiger partial charge in [-0.1, -0.05) is 53.8 Å². The third-order valence-corrected chi connectivity index (χ3v) is 8.79. The largest absolute Gasteiger partial charge is 0.491 e. The summed E-state index contributed by atoms with van der Waals surface area (Å²) in [6, 6.07) is 20.5. The van der Waals surface area contributed by atoms with Gasteiger partial charge in [-0.2, -0.15) is 0 Å². The van der Waals surface area contributed by atoms with Gasteiger partial charge in [0, 0.05) is 0 Å². The van der Waals surface area contributed by atoms with Crippen LogP contribution in [-0.4, -0.2) is 23.2 Å². The number of hydrogen-bond acceptors (Lipinski definition) is 7. The number of allylic oxidation sites excluding steroid dienone is 1. The molecule has 0 bridgehead atoms. The fourth-order valence-corrected chi connectivity index (χ4v) is 7.29. The monoisotopic (exact) mass is 724 g/mol. The molecule has 10 heteroatoms. The molecule has 0 aliphatic carbocycles. The second kappa shape index (κ2) is 13.4. The SMILES string of the molecule is CCOC(=O)C1=C(C)N=c2s/c(=C\c3cc(Br)c(OCc4ccccc4)c(Br)c3)c(=O)n2[C@@H]1c1ccc(OC(C)C)cc1. The van der Waals surface area contributed by atoms with E-state index in [1.54, 1.807) is 18.4 Å². The number of carbonyl (C=O) groups is 1. The minimum Gasteiger partial charge on any atom is -0.491 e. The smallest absolute Gasteiger partial charge is 0.338 e. The third-order valence-electron chi connectivity index (χ3n) is 6.63. The molecule has 0 N–H and O–H groups in total. The first-order chi connectivity index (χ1) is 20.7. The molecule has 5 rings (SSSR count). The summed E-state index contributed by atoms with van der Waals surface area (Å²) in [4.78, 5) is 32.3. The van der Waals surface area contributed by atoms with E-state index in [2.05, 4.69) is 36.9 Å². The highest BCUT2D eigenvalue weighted by Crippen LogP contribution is 2.36. The van der Waals surface area contributed by atoms with E-state index >= 15 is 0 Å². The summed E-state index contributed by atoms with van der Waals surface area (Å²) in [5, 5.41) is 0. The van der Waals surface area contributed by atoms with Crippen molar-refractivity contribution in [1.82, 2.24) is 4.57 Å². The van der Waals surface area contributed by atoms with Gasteiger partial charge < -0.3 is 14.2 Å². The number of aromatic nitrogens is 1. The average Bonchev–Trinajstić information content (AvgIpc) is 3.26. The molecule has 0 saturated carbocycles. The van der Waals surface area contributed by atoms with Crippen molar-refractivity contribution in [3.63, 3.8) is 0 Å². The van der Waals surface area contributed by atoms with Gasteiger partial charge in [0.25, 0.3) is 5.56 Å². The Labute approximate surface area is 270 Å². The van der Waals surface area contributed by atoms with Crippen molar-refractivity contribution in [2.45, 2.75) is 46.4 Å². The molecule has 0 fully saturated rings. The molecule has 43 heavy (non-hydrogen) atoms. The number of halogens is 2. The van der Waals surface area contributed by atoms with Crippen LogP contribution in [0.4, 0.5) is 0 Å². The number of benzene rings is 3. The quantitative estimate of drug-likeness (QED) is 0.180. The van der Waals surface area contributed by atoms with Crippen LogP contribution in [0.15, 0.2) is 96.7 Å². The van der Waals surface area contributed by atoms with Gasteiger partial charge in [-0.25, -0.2) is 9.79 Å². The van der Waals surface area contributed by atoms with E-state index in [0.717, 1.165) is 25.6 Å². The van der Waals surface area contributed by atoms with Gasteiger partial charge in [-0.15, -0.1) is 0 Å². The fourth-order valence-electron chi connectivity index (χ4n) is 4.79. The summed E-state index contributed by atoms with van der Waals surface area (Å²) in [7, 11) is 0. The molecule has 0 saturated heterocycles. The van der Waals surface area contributed by atoms with Crippen LogP contribution in [-0.2, 0) is 16.1 Å². The molecule has 2 heterocycles. The number of rotatable bonds is 9. The maximum atomic E-state index is 14.0. The van der Waals surface area contributed by atoms with E-state index in [1.807, 2.05) is 86.7 Å². The molecule has 222 valence electrons. The summed E-state index contributed by atoms with van der Waals surface area (Å²) in [6.45, 7) is 8.07. The van der Waals surface area contributed by atoms with Crippen molar-refractivity contribution in [2.75, 3.05) is 6.61 Å². The first-order valence-electron chi connectivity index (χ1n) is 13.8. The first-order valence-corrected chi connectivity index (χ1v) is 16.2. The van der Waals surface area contributed by atoms with Crippen LogP contribution in [0.2, 0.25) is 0 Å². The standard InChI is InChI=1S/C33H30Br2N2O5S/c1-5-40-32(39)28-20(4)36-33-37(29(28)23-11-13-24(14-12-23)42-19(2)3)31(38)27(43-33)17-22-15-25(34)30(26(35)16-22)41-18-21-9-7-6-8-10-21/h6-17,19,29H,5,18H2,1-4H3/b27-17-/t29-/m1/s1. The zero-order chi connectivity index (χ0) is 30.7. The third kappa shape index (κ3) is 6.87. The van der Waals surface area contributed by atoms with Crippen LogP contribution in [0.3, 0.4) is 0 Å². The van der Waals surface area contributed by atoms with Crippen molar-refractivity contribution < 1.29 is 19.0 Å². The van der Waals surface area contributed by atoms with Gasteiger partial charge in [-0.3, -0.25) is 9.36 Å². The Morgan fingerprint density at radius 1 is 1.07 bits per heavy atom. The lowest BCUT2D eigenvalue weighted by Crippen LogP contribution is -2.39. The predicted molar refractivity (Wildman–Crippen MR) is 175 cm³/mol. The number of hydrogen-bond donors (Lipinski definition) is 0. The molecule has 0 amide bonds. The maximum Gasteiger partial charge on any atom is 0.338 e. The lowest BCUT2D eigenvalue weighted by atomic mass is 9.96. The molecule has 1 atom stereocenters. The van der Waals surface area contributed by atoms with Crippen molar-refractivity contribution in [1.29, 1.82) is 0 Å². The minimum absolute atomic E-state index is 0.0188. The summed E-state index contributed by atoms with van der Waals surface area (Å²) in [5.74, 6) is 0.878. The van der Waals surface area contributed by atoms with Crippen LogP contribution in [0.25, 0.3) is 6.08 Å². The highest BCUT2D eigenvalue weighted by molar-refractivity contribution is 9.11. The number of fused-ring (bicyclic) bond motifs is 1. The zero-order valence-corrected chi connectivity index (χ0v) is 28.1. The lowest BCUT2D eigenvalue weighted by Gasteiger charge is -2.25. The second-order valence-electron chi connectivity index (χ2n) is 10.1. The number of esters is 1. The normalized spacial score (nSPS) is 14.9. The van der Waals surface area contributed by atoms with Crippen LogP contribution < -0.4 is 24.4 Å². The zero-order valence-electron chi connectivity index (χ0n) is 24.1. The molecule has 0 unspecified atom stereocenters. The summed E-state index contributed by atoms with van der Waals surface area (Å²) in [5.41, 5.74) is 3.21. The molecular formula is C33H30Br2N2O5S. The van der Waals surface area contributed by atoms with E-state index in [-0.39, 0.29) is 18.3 Å². The van der Waals surface area contributed by atoms with Gasteiger partial charge in [-0.05, 0) is 107 Å². The van der Waals surface area contributed by atoms with Gasteiger partial charge in [0.1, 0.15) is 18.1 Å². The second-order valence-corrected chi connectivity index (χ2v) is 12.8. The predicted octanol–water partition coefficient (Wildman–Crippen LogP) is 6.69. The highest BCUT2D eigenvalue weighted by atomic mass is 79.9. The van der Waals surface area contributed by atoms with Crippen molar-refractivity contribution in [2.24, 2.45) is 4.99 Å². The number of ether oxygens (including phenoxy) is 3. The van der Waals surface area contributed by atoms with Crippen LogP contribution >= 0.6 is 43.2 Å². The average molecular weight is 726 g/mol. The van der Waals surface area contributed by atoms with Gasteiger partial charge in [0.05, 0.1) is 43.5 Å². The van der Waals surface area contributed by atoms with Gasteiger partial charge in [0.2, 0.25) is 0 Å². The molecule has 1 aliphatic heterocycles. The highest BCUT2D eigenvalue weighted by Gasteiger charge is 2.33. The summed E-state index contributed by atoms with van der Waals surface area (Å²) < 4.78 is 20.8. The van der Waals surface area contributed by atoms with Crippen LogP contribution in [0.1, 0.15) is 50.4 Å². The molecule has 4 aromatic rings. The molecule has 7 nitrogen and oxygen atoms in total. The Hall–Kier alpha value is -3.47. The Morgan fingerprint density at radius 2 is 1.74 bits per heavy atom. The van der Waals surface area contributed by atoms with Crippen LogP contribution in [0.5, 0.6) is 11.5 Å². The van der Waals surface area contributed by atoms with Gasteiger partial charge in [0.15, 0.2) is 4.80 Å². The molecule has 3 aromatic carbocycles. The first kappa shape index (κ1) is 31.0. The molecule has 0 spiro atoms. The van der Waals surface area contributed by atoms with Crippen molar-refractivity contribution in [3.05, 3.63) is 123 Å². The van der Waals surface area contributed by atoms with Crippen molar-refractivity contribution in [3.8, 4) is 11.5 Å². The van der Waals surface area contributed by atoms with E-state index in [9.17, 15) is 9.59 Å². The van der Waals surface area contributed by atoms with Gasteiger partial charge >= 0.3 is 5.97 Å². The Balaban J connectivity index is 1.55. The lowest BCUT2D eigenvalue weighted by molar-refractivity contribution is -0.139. The Kier molecular flexibility index (Phi) is 9.68. The van der Waals surface area contributed by atoms with Crippen molar-refractivity contribution >= 4 is 55.2 Å². The molecular weight excluding hydrogens is 696 g/mol. The Morgan fingerprint density at radius 3 is 2.37 bits per heavy atom. The minimum atomic E-state index is -0.696. The topological polar surface area (TPSA) is 79.1 Å². The van der Waals surface area contributed by atoms with E-state index in [4.69, 9.17) is 14.2 Å². The molecule has 0 radical (unpaired) electrons. The van der Waals surface area contributed by atoms with E-state index in [0.29, 0.717) is 38.7 Å². The summed E-state index contributed by atoms with van der Waals surface area (Å²) in [6.07, 6.45) is 1.84. The van der Waals surface area contributed by atoms with E-state index < -0.39 is 12.0 Å².